The molecule has 3 rings (SSSR count). The first-order chi connectivity index (χ1) is 16.9. The number of benzene rings is 3. The first kappa shape index (κ1) is 26.7. The molecule has 0 aliphatic rings. The molecule has 0 aromatic heterocycles. The molecule has 0 saturated carbocycles. The maximum atomic E-state index is 14.5. The molecule has 3 aromatic rings. The standard InChI is InChI=1S/C27H27ClF2N2O2S/c1-2-31-27(34)25(15-19-9-4-3-5-10-19)32(16-20-11-6-7-13-23(20)29)26(33)18-35-17-21-22(28)12-8-14-24(21)30/h3-14,25H,2,15-18H2,1H3,(H,31,34)/t25-/m1/s1. The van der Waals surface area contributed by atoms with E-state index in [0.717, 1.165) is 5.56 Å². The summed E-state index contributed by atoms with van der Waals surface area (Å²) in [6, 6.07) is 19.1. The molecule has 0 aliphatic carbocycles. The Morgan fingerprint density at radius 1 is 0.971 bits per heavy atom. The average molecular weight is 517 g/mol. The van der Waals surface area contributed by atoms with Crippen molar-refractivity contribution in [2.24, 2.45) is 0 Å². The lowest BCUT2D eigenvalue weighted by molar-refractivity contribution is -0.139. The Balaban J connectivity index is 1.86. The number of nitrogens with one attached hydrogen (secondary N) is 1. The highest BCUT2D eigenvalue weighted by Crippen LogP contribution is 2.25. The molecule has 0 aliphatic heterocycles. The van der Waals surface area contributed by atoms with E-state index in [0.29, 0.717) is 17.7 Å². The Hall–Kier alpha value is -2.90. The van der Waals surface area contributed by atoms with Crippen LogP contribution in [0.25, 0.3) is 0 Å². The minimum atomic E-state index is -0.845. The van der Waals surface area contributed by atoms with Crippen LogP contribution in [0.1, 0.15) is 23.6 Å². The molecule has 0 heterocycles. The van der Waals surface area contributed by atoms with Gasteiger partial charge in [0.25, 0.3) is 0 Å². The Kier molecular flexibility index (Phi) is 10.1. The molecule has 0 unspecified atom stereocenters. The van der Waals surface area contributed by atoms with Crippen LogP contribution in [0.5, 0.6) is 0 Å². The smallest absolute Gasteiger partial charge is 0.243 e. The predicted octanol–water partition coefficient (Wildman–Crippen LogP) is 5.63. The number of rotatable bonds is 11. The van der Waals surface area contributed by atoms with Crippen molar-refractivity contribution in [2.45, 2.75) is 31.7 Å². The summed E-state index contributed by atoms with van der Waals surface area (Å²) in [5.41, 5.74) is 1.50. The maximum Gasteiger partial charge on any atom is 0.243 e. The van der Waals surface area contributed by atoms with Crippen LogP contribution in [-0.4, -0.2) is 35.1 Å². The molecule has 35 heavy (non-hydrogen) atoms. The molecule has 0 saturated heterocycles. The van der Waals surface area contributed by atoms with Crippen LogP contribution in [0.3, 0.4) is 0 Å². The van der Waals surface area contributed by atoms with Crippen molar-refractivity contribution in [1.29, 1.82) is 0 Å². The molecular weight excluding hydrogens is 490 g/mol. The summed E-state index contributed by atoms with van der Waals surface area (Å²) in [5, 5.41) is 3.09. The van der Waals surface area contributed by atoms with Crippen LogP contribution < -0.4 is 5.32 Å². The molecule has 0 bridgehead atoms. The van der Waals surface area contributed by atoms with Crippen LogP contribution in [-0.2, 0) is 28.3 Å². The fourth-order valence-corrected chi connectivity index (χ4v) is 4.90. The quantitative estimate of drug-likeness (QED) is 0.359. The van der Waals surface area contributed by atoms with Crippen molar-refractivity contribution in [2.75, 3.05) is 12.3 Å². The van der Waals surface area contributed by atoms with E-state index < -0.39 is 17.7 Å². The van der Waals surface area contributed by atoms with E-state index >= 15 is 0 Å². The number of halogens is 3. The fourth-order valence-electron chi connectivity index (χ4n) is 3.65. The zero-order valence-corrected chi connectivity index (χ0v) is 20.9. The SMILES string of the molecule is CCNC(=O)[C@@H](Cc1ccccc1)N(Cc1ccccc1F)C(=O)CSCc1c(F)cccc1Cl. The molecule has 4 nitrogen and oxygen atoms in total. The summed E-state index contributed by atoms with van der Waals surface area (Å²) >= 11 is 7.30. The van der Waals surface area contributed by atoms with Gasteiger partial charge in [0.15, 0.2) is 0 Å². The van der Waals surface area contributed by atoms with Gasteiger partial charge >= 0.3 is 0 Å². The van der Waals surface area contributed by atoms with E-state index in [1.807, 2.05) is 30.3 Å². The van der Waals surface area contributed by atoms with Crippen molar-refractivity contribution in [3.63, 3.8) is 0 Å². The highest BCUT2D eigenvalue weighted by atomic mass is 35.5. The normalized spacial score (nSPS) is 11.7. The Morgan fingerprint density at radius 2 is 1.66 bits per heavy atom. The lowest BCUT2D eigenvalue weighted by atomic mass is 10.0. The fraction of sp³-hybridized carbons (Fsp3) is 0.259. The van der Waals surface area contributed by atoms with Gasteiger partial charge in [0.2, 0.25) is 11.8 Å². The van der Waals surface area contributed by atoms with Gasteiger partial charge in [-0.15, -0.1) is 11.8 Å². The van der Waals surface area contributed by atoms with E-state index in [9.17, 15) is 18.4 Å². The number of nitrogens with zero attached hydrogens (tertiary/aromatic N) is 1. The van der Waals surface area contributed by atoms with Gasteiger partial charge in [0.1, 0.15) is 17.7 Å². The van der Waals surface area contributed by atoms with Gasteiger partial charge < -0.3 is 10.2 Å². The average Bonchev–Trinajstić information content (AvgIpc) is 2.85. The minimum absolute atomic E-state index is 0.0240. The number of likely N-dealkylation sites (N-methyl/N-ethyl adjacent to an activating group) is 1. The van der Waals surface area contributed by atoms with Gasteiger partial charge in [-0.25, -0.2) is 8.78 Å². The number of hydrogen-bond acceptors (Lipinski definition) is 3. The number of carbonyl (C=O) groups excluding carboxylic acids is 2. The van der Waals surface area contributed by atoms with Gasteiger partial charge in [0, 0.05) is 41.4 Å². The number of thioether (sulfide) groups is 1. The lowest BCUT2D eigenvalue weighted by Gasteiger charge is -2.31. The van der Waals surface area contributed by atoms with E-state index in [-0.39, 0.29) is 41.3 Å². The summed E-state index contributed by atoms with van der Waals surface area (Å²) in [5.74, 6) is -1.39. The highest BCUT2D eigenvalue weighted by Gasteiger charge is 2.30. The van der Waals surface area contributed by atoms with Crippen molar-refractivity contribution < 1.29 is 18.4 Å². The first-order valence-corrected chi connectivity index (χ1v) is 12.8. The summed E-state index contributed by atoms with van der Waals surface area (Å²) in [6.45, 7) is 2.13. The molecule has 0 radical (unpaired) electrons. The van der Waals surface area contributed by atoms with Crippen LogP contribution in [0.4, 0.5) is 8.78 Å². The van der Waals surface area contributed by atoms with Gasteiger partial charge in [-0.2, -0.15) is 0 Å². The Labute approximate surface area is 213 Å². The zero-order valence-electron chi connectivity index (χ0n) is 19.3. The van der Waals surface area contributed by atoms with Crippen molar-refractivity contribution in [1.82, 2.24) is 10.2 Å². The molecule has 0 fully saturated rings. The second-order valence-electron chi connectivity index (χ2n) is 7.91. The summed E-state index contributed by atoms with van der Waals surface area (Å²) in [7, 11) is 0. The predicted molar refractivity (Wildman–Crippen MR) is 137 cm³/mol. The maximum absolute atomic E-state index is 14.5. The topological polar surface area (TPSA) is 49.4 Å². The monoisotopic (exact) mass is 516 g/mol. The van der Waals surface area contributed by atoms with E-state index in [1.165, 1.54) is 34.9 Å². The van der Waals surface area contributed by atoms with Gasteiger partial charge in [-0.3, -0.25) is 9.59 Å². The third-order valence-corrected chi connectivity index (χ3v) is 6.75. The molecule has 0 spiro atoms. The first-order valence-electron chi connectivity index (χ1n) is 11.3. The van der Waals surface area contributed by atoms with Crippen LogP contribution >= 0.6 is 23.4 Å². The molecule has 3 aromatic carbocycles. The molecule has 2 amide bonds. The van der Waals surface area contributed by atoms with E-state index in [1.54, 1.807) is 31.2 Å². The van der Waals surface area contributed by atoms with Crippen molar-refractivity contribution in [3.8, 4) is 0 Å². The second-order valence-corrected chi connectivity index (χ2v) is 9.30. The van der Waals surface area contributed by atoms with Crippen molar-refractivity contribution >= 4 is 35.2 Å². The molecule has 1 N–H and O–H groups in total. The molecule has 1 atom stereocenters. The highest BCUT2D eigenvalue weighted by molar-refractivity contribution is 7.99. The second kappa shape index (κ2) is 13.3. The Bertz CT molecular complexity index is 1130. The molecular formula is C27H27ClF2N2O2S. The summed E-state index contributed by atoms with van der Waals surface area (Å²) < 4.78 is 28.7. The largest absolute Gasteiger partial charge is 0.355 e. The number of hydrogen-bond donors (Lipinski definition) is 1. The third kappa shape index (κ3) is 7.54. The van der Waals surface area contributed by atoms with E-state index in [4.69, 9.17) is 11.6 Å². The molecule has 184 valence electrons. The van der Waals surface area contributed by atoms with Gasteiger partial charge in [-0.1, -0.05) is 66.2 Å². The Morgan fingerprint density at radius 3 is 2.34 bits per heavy atom. The van der Waals surface area contributed by atoms with Crippen molar-refractivity contribution in [3.05, 3.63) is 106 Å². The summed E-state index contributed by atoms with van der Waals surface area (Å²) in [4.78, 5) is 27.9. The van der Waals surface area contributed by atoms with Crippen LogP contribution in [0.15, 0.2) is 72.8 Å². The van der Waals surface area contributed by atoms with E-state index in [2.05, 4.69) is 5.32 Å². The molecule has 8 heteroatoms. The van der Waals surface area contributed by atoms with Crippen LogP contribution in [0, 0.1) is 11.6 Å². The lowest BCUT2D eigenvalue weighted by Crippen LogP contribution is -2.51. The van der Waals surface area contributed by atoms with Crippen LogP contribution in [0.2, 0.25) is 5.02 Å². The zero-order chi connectivity index (χ0) is 25.2. The number of amides is 2. The third-order valence-electron chi connectivity index (χ3n) is 5.45. The summed E-state index contributed by atoms with van der Waals surface area (Å²) in [6.07, 6.45) is 0.274. The van der Waals surface area contributed by atoms with Gasteiger partial charge in [-0.05, 0) is 30.7 Å². The minimum Gasteiger partial charge on any atom is -0.355 e. The number of carbonyl (C=O) groups is 2. The van der Waals surface area contributed by atoms with Gasteiger partial charge in [0.05, 0.1) is 5.75 Å².